The average Bonchev–Trinajstić information content (AvgIpc) is 2.37. The quantitative estimate of drug-likeness (QED) is 0.904. The lowest BCUT2D eigenvalue weighted by Crippen LogP contribution is -2.54. The Kier molecular flexibility index (Phi) is 3.76. The second-order valence-electron chi connectivity index (χ2n) is 7.46. The second kappa shape index (κ2) is 5.40. The highest BCUT2D eigenvalue weighted by atomic mass is 15.2. The van der Waals surface area contributed by atoms with E-state index in [0.29, 0.717) is 0 Å². The van der Waals surface area contributed by atoms with Crippen molar-refractivity contribution in [1.82, 2.24) is 5.32 Å². The Hall–Kier alpha value is -1.02. The third-order valence-corrected chi connectivity index (χ3v) is 4.82. The Morgan fingerprint density at radius 1 is 1.20 bits per heavy atom. The van der Waals surface area contributed by atoms with Crippen LogP contribution in [0.4, 0.5) is 5.69 Å². The highest BCUT2D eigenvalue weighted by Gasteiger charge is 2.37. The standard InChI is InChI=1S/C18H28N2/c1-18(2,3)19-13-15-10-11-17(15)20-12-6-8-14-7-4-5-9-16(14)20/h4-5,7,9,15,17,19H,6,8,10-13H2,1-3H3. The largest absolute Gasteiger partial charge is 0.368 e. The van der Waals surface area contributed by atoms with E-state index in [1.807, 2.05) is 0 Å². The second-order valence-corrected chi connectivity index (χ2v) is 7.46. The van der Waals surface area contributed by atoms with E-state index in [-0.39, 0.29) is 5.54 Å². The van der Waals surface area contributed by atoms with E-state index in [2.05, 4.69) is 55.3 Å². The van der Waals surface area contributed by atoms with Crippen molar-refractivity contribution in [2.24, 2.45) is 5.92 Å². The lowest BCUT2D eigenvalue weighted by molar-refractivity contribution is 0.214. The van der Waals surface area contributed by atoms with E-state index in [9.17, 15) is 0 Å². The van der Waals surface area contributed by atoms with Gasteiger partial charge in [-0.1, -0.05) is 18.2 Å². The van der Waals surface area contributed by atoms with Gasteiger partial charge in [-0.05, 0) is 64.0 Å². The van der Waals surface area contributed by atoms with Gasteiger partial charge in [-0.25, -0.2) is 0 Å². The molecule has 0 aromatic heterocycles. The summed E-state index contributed by atoms with van der Waals surface area (Å²) in [5.41, 5.74) is 3.29. The smallest absolute Gasteiger partial charge is 0.0401 e. The van der Waals surface area contributed by atoms with Gasteiger partial charge in [-0.15, -0.1) is 0 Å². The molecular formula is C18H28N2. The zero-order valence-corrected chi connectivity index (χ0v) is 13.2. The Balaban J connectivity index is 1.68. The summed E-state index contributed by atoms with van der Waals surface area (Å²) in [6.45, 7) is 9.19. The summed E-state index contributed by atoms with van der Waals surface area (Å²) < 4.78 is 0. The molecule has 1 aliphatic heterocycles. The Bertz CT molecular complexity index is 461. The first-order valence-corrected chi connectivity index (χ1v) is 8.14. The predicted octanol–water partition coefficient (Wildman–Crippen LogP) is 3.61. The van der Waals surface area contributed by atoms with Gasteiger partial charge in [0.05, 0.1) is 0 Å². The molecule has 20 heavy (non-hydrogen) atoms. The minimum Gasteiger partial charge on any atom is -0.368 e. The van der Waals surface area contributed by atoms with Gasteiger partial charge in [0.15, 0.2) is 0 Å². The van der Waals surface area contributed by atoms with Gasteiger partial charge in [0.2, 0.25) is 0 Å². The van der Waals surface area contributed by atoms with Crippen molar-refractivity contribution in [1.29, 1.82) is 0 Å². The SMILES string of the molecule is CC(C)(C)NCC1CCC1N1CCCc2ccccc21. The number of benzene rings is 1. The van der Waals surface area contributed by atoms with E-state index >= 15 is 0 Å². The van der Waals surface area contributed by atoms with Crippen molar-refractivity contribution in [3.63, 3.8) is 0 Å². The molecule has 110 valence electrons. The molecule has 0 saturated heterocycles. The number of rotatable bonds is 3. The van der Waals surface area contributed by atoms with Gasteiger partial charge in [0.1, 0.15) is 0 Å². The fourth-order valence-electron chi connectivity index (χ4n) is 3.54. The monoisotopic (exact) mass is 272 g/mol. The lowest BCUT2D eigenvalue weighted by Gasteiger charge is -2.48. The molecule has 1 aromatic rings. The summed E-state index contributed by atoms with van der Waals surface area (Å²) in [5.74, 6) is 0.820. The van der Waals surface area contributed by atoms with Crippen LogP contribution in [-0.2, 0) is 6.42 Å². The van der Waals surface area contributed by atoms with Crippen LogP contribution in [0.1, 0.15) is 45.6 Å². The van der Waals surface area contributed by atoms with Crippen LogP contribution in [0, 0.1) is 5.92 Å². The summed E-state index contributed by atoms with van der Waals surface area (Å²) in [5, 5.41) is 3.69. The first-order valence-electron chi connectivity index (χ1n) is 8.14. The van der Waals surface area contributed by atoms with E-state index in [0.717, 1.165) is 18.5 Å². The van der Waals surface area contributed by atoms with Crippen LogP contribution in [0.15, 0.2) is 24.3 Å². The maximum Gasteiger partial charge on any atom is 0.0401 e. The van der Waals surface area contributed by atoms with Crippen molar-refractivity contribution in [2.45, 2.75) is 58.0 Å². The van der Waals surface area contributed by atoms with Crippen molar-refractivity contribution >= 4 is 5.69 Å². The maximum atomic E-state index is 3.69. The minimum atomic E-state index is 0.236. The van der Waals surface area contributed by atoms with Crippen LogP contribution < -0.4 is 10.2 Å². The van der Waals surface area contributed by atoms with Gasteiger partial charge in [0, 0.05) is 30.4 Å². The van der Waals surface area contributed by atoms with Crippen LogP contribution in [-0.4, -0.2) is 24.7 Å². The lowest BCUT2D eigenvalue weighted by atomic mass is 9.77. The Morgan fingerprint density at radius 3 is 2.70 bits per heavy atom. The number of fused-ring (bicyclic) bond motifs is 1. The molecule has 1 aliphatic carbocycles. The predicted molar refractivity (Wildman–Crippen MR) is 86.4 cm³/mol. The van der Waals surface area contributed by atoms with E-state index < -0.39 is 0 Å². The highest BCUT2D eigenvalue weighted by Crippen LogP contribution is 2.38. The third kappa shape index (κ3) is 2.85. The van der Waals surface area contributed by atoms with Gasteiger partial charge in [-0.2, -0.15) is 0 Å². The van der Waals surface area contributed by atoms with Crippen LogP contribution >= 0.6 is 0 Å². The molecule has 2 atom stereocenters. The first kappa shape index (κ1) is 13.9. The molecule has 3 rings (SSSR count). The number of nitrogens with one attached hydrogen (secondary N) is 1. The molecule has 0 bridgehead atoms. The first-order chi connectivity index (χ1) is 9.54. The van der Waals surface area contributed by atoms with Crippen LogP contribution in [0.5, 0.6) is 0 Å². The number of para-hydroxylation sites is 1. The average molecular weight is 272 g/mol. The van der Waals surface area contributed by atoms with Crippen molar-refractivity contribution < 1.29 is 0 Å². The fourth-order valence-corrected chi connectivity index (χ4v) is 3.54. The molecule has 1 aromatic carbocycles. The zero-order valence-electron chi connectivity index (χ0n) is 13.2. The summed E-state index contributed by atoms with van der Waals surface area (Å²) >= 11 is 0. The normalized spacial score (nSPS) is 26.1. The number of anilines is 1. The van der Waals surface area contributed by atoms with Crippen molar-refractivity contribution in [2.75, 3.05) is 18.0 Å². The Labute approximate surface area is 123 Å². The van der Waals surface area contributed by atoms with Crippen LogP contribution in [0.25, 0.3) is 0 Å². The molecule has 1 N–H and O–H groups in total. The molecule has 0 spiro atoms. The van der Waals surface area contributed by atoms with E-state index in [1.54, 1.807) is 5.56 Å². The number of aryl methyl sites for hydroxylation is 1. The molecule has 0 radical (unpaired) electrons. The Morgan fingerprint density at radius 2 is 2.00 bits per heavy atom. The molecule has 1 heterocycles. The van der Waals surface area contributed by atoms with Gasteiger partial charge < -0.3 is 10.2 Å². The van der Waals surface area contributed by atoms with Gasteiger partial charge >= 0.3 is 0 Å². The number of nitrogens with zero attached hydrogens (tertiary/aromatic N) is 1. The van der Waals surface area contributed by atoms with E-state index in [1.165, 1.54) is 37.9 Å². The molecule has 2 heteroatoms. The topological polar surface area (TPSA) is 15.3 Å². The number of hydrogen-bond donors (Lipinski definition) is 1. The third-order valence-electron chi connectivity index (χ3n) is 4.82. The molecule has 2 nitrogen and oxygen atoms in total. The van der Waals surface area contributed by atoms with Gasteiger partial charge in [0.25, 0.3) is 0 Å². The summed E-state index contributed by atoms with van der Waals surface area (Å²) in [6.07, 6.45) is 5.31. The maximum absolute atomic E-state index is 3.69. The van der Waals surface area contributed by atoms with Crippen molar-refractivity contribution in [3.05, 3.63) is 29.8 Å². The number of hydrogen-bond acceptors (Lipinski definition) is 2. The fraction of sp³-hybridized carbons (Fsp3) is 0.667. The van der Waals surface area contributed by atoms with Crippen molar-refractivity contribution in [3.8, 4) is 0 Å². The molecule has 0 amide bonds. The van der Waals surface area contributed by atoms with Crippen LogP contribution in [0.2, 0.25) is 0 Å². The van der Waals surface area contributed by atoms with Gasteiger partial charge in [-0.3, -0.25) is 0 Å². The van der Waals surface area contributed by atoms with E-state index in [4.69, 9.17) is 0 Å². The summed E-state index contributed by atoms with van der Waals surface area (Å²) in [7, 11) is 0. The zero-order chi connectivity index (χ0) is 14.2. The highest BCUT2D eigenvalue weighted by molar-refractivity contribution is 5.56. The summed E-state index contributed by atoms with van der Waals surface area (Å²) in [6, 6.07) is 9.76. The molecular weight excluding hydrogens is 244 g/mol. The molecule has 1 fully saturated rings. The minimum absolute atomic E-state index is 0.236. The molecule has 2 aliphatic rings. The molecule has 2 unspecified atom stereocenters. The summed E-state index contributed by atoms with van der Waals surface area (Å²) in [4.78, 5) is 2.69. The van der Waals surface area contributed by atoms with Crippen LogP contribution in [0.3, 0.4) is 0 Å². The molecule has 1 saturated carbocycles.